The normalized spacial score (nSPS) is 27.0. The number of likely N-dealkylation sites (tertiary alicyclic amines) is 1. The van der Waals surface area contributed by atoms with Gasteiger partial charge in [-0.1, -0.05) is 69.2 Å². The van der Waals surface area contributed by atoms with Gasteiger partial charge in [0.05, 0.1) is 6.10 Å². The van der Waals surface area contributed by atoms with Gasteiger partial charge in [-0.15, -0.1) is 0 Å². The maximum absolute atomic E-state index is 11.0. The molecule has 286 valence electrons. The summed E-state index contributed by atoms with van der Waals surface area (Å²) in [5.74, 6) is 8.62. The molecule has 1 aliphatic carbocycles. The van der Waals surface area contributed by atoms with E-state index in [0.717, 1.165) is 125 Å². The number of carbonyl (C=O) groups excluding carboxylic acids is 1. The summed E-state index contributed by atoms with van der Waals surface area (Å²) in [6, 6.07) is 0. The summed E-state index contributed by atoms with van der Waals surface area (Å²) in [4.78, 5) is 13.0. The van der Waals surface area contributed by atoms with Gasteiger partial charge in [-0.3, -0.25) is 4.79 Å². The van der Waals surface area contributed by atoms with Crippen molar-refractivity contribution in [2.24, 2.45) is 59.2 Å². The van der Waals surface area contributed by atoms with Gasteiger partial charge in [0, 0.05) is 59.7 Å². The van der Waals surface area contributed by atoms with E-state index in [9.17, 15) is 9.90 Å². The quantitative estimate of drug-likeness (QED) is 0.313. The van der Waals surface area contributed by atoms with Gasteiger partial charge in [0.15, 0.2) is 0 Å². The molecule has 0 bridgehead atoms. The zero-order chi connectivity index (χ0) is 36.1. The highest BCUT2D eigenvalue weighted by atomic mass is 16.5. The molecule has 5 fully saturated rings. The van der Waals surface area contributed by atoms with E-state index in [-0.39, 0.29) is 12.0 Å². The van der Waals surface area contributed by atoms with Crippen LogP contribution in [0.25, 0.3) is 0 Å². The van der Waals surface area contributed by atoms with Gasteiger partial charge in [0.2, 0.25) is 5.91 Å². The summed E-state index contributed by atoms with van der Waals surface area (Å²) in [6.45, 7) is 32.3. The number of aliphatic hydroxyl groups is 1. The van der Waals surface area contributed by atoms with Crippen molar-refractivity contribution in [3.63, 3.8) is 0 Å². The SMILES string of the molecule is CC(=O)N1CCC(C(C)C)CC1.CC(C)C1CCC(O)CC1.CC(C)C1CCCOC1.CC(C)C1CCOC1.CC(C)C1CCOCC1. The summed E-state index contributed by atoms with van der Waals surface area (Å²) in [5, 5.41) is 9.21. The summed E-state index contributed by atoms with van der Waals surface area (Å²) in [5.41, 5.74) is 0. The van der Waals surface area contributed by atoms with Gasteiger partial charge < -0.3 is 24.2 Å². The van der Waals surface area contributed by atoms with Gasteiger partial charge in [0.1, 0.15) is 0 Å². The van der Waals surface area contributed by atoms with Crippen molar-refractivity contribution in [1.82, 2.24) is 4.90 Å². The molecule has 0 aromatic rings. The Hall–Kier alpha value is -0.690. The number of aliphatic hydroxyl groups excluding tert-OH is 1. The lowest BCUT2D eigenvalue weighted by Crippen LogP contribution is -2.38. The lowest BCUT2D eigenvalue weighted by atomic mass is 9.81. The van der Waals surface area contributed by atoms with Crippen LogP contribution in [0.5, 0.6) is 0 Å². The Balaban J connectivity index is 0.000000302. The van der Waals surface area contributed by atoms with Gasteiger partial charge >= 0.3 is 0 Å². The number of ether oxygens (including phenoxy) is 3. The maximum atomic E-state index is 11.0. The van der Waals surface area contributed by atoms with Crippen LogP contribution in [0.2, 0.25) is 0 Å². The molecular weight excluding hydrogens is 598 g/mol. The Labute approximate surface area is 299 Å². The minimum atomic E-state index is 0.00926. The number of hydrogen-bond donors (Lipinski definition) is 1. The molecule has 2 unspecified atom stereocenters. The molecule has 2 atom stereocenters. The highest BCUT2D eigenvalue weighted by Gasteiger charge is 2.23. The number of piperidine rings is 1. The topological polar surface area (TPSA) is 68.2 Å². The first-order valence-electron chi connectivity index (χ1n) is 20.4. The molecule has 0 aromatic heterocycles. The Kier molecular flexibility index (Phi) is 24.7. The van der Waals surface area contributed by atoms with E-state index in [4.69, 9.17) is 14.2 Å². The molecule has 5 rings (SSSR count). The molecule has 1 amide bonds. The molecule has 6 nitrogen and oxygen atoms in total. The molecule has 1 saturated carbocycles. The van der Waals surface area contributed by atoms with Crippen molar-refractivity contribution >= 4 is 5.91 Å². The zero-order valence-corrected chi connectivity index (χ0v) is 33.8. The predicted octanol–water partition coefficient (Wildman–Crippen LogP) is 9.91. The van der Waals surface area contributed by atoms with E-state index in [0.29, 0.717) is 0 Å². The van der Waals surface area contributed by atoms with Crippen molar-refractivity contribution < 1.29 is 24.1 Å². The van der Waals surface area contributed by atoms with Crippen LogP contribution in [0.15, 0.2) is 0 Å². The summed E-state index contributed by atoms with van der Waals surface area (Å²) in [6.07, 6.45) is 13.4. The Morgan fingerprint density at radius 3 is 1.21 bits per heavy atom. The Bertz CT molecular complexity index is 728. The van der Waals surface area contributed by atoms with Crippen LogP contribution in [0.1, 0.15) is 147 Å². The van der Waals surface area contributed by atoms with Crippen molar-refractivity contribution in [1.29, 1.82) is 0 Å². The molecule has 0 spiro atoms. The molecular formula is C42H83NO5. The standard InChI is InChI=1S/C10H19NO.C9H18O.2C8H16O.C7H14O/c1-8(2)10-4-6-11(7-5-10)9(3)12;1-7(2)8-3-5-9(10)6-4-8;1-7(2)8-3-5-9-6-4-8;1-7(2)8-4-3-5-9-6-8;1-6(2)7-3-4-8-5-7/h8,10H,4-7H2,1-3H3;7-10H,3-6H2,1-2H3;2*7-8H,3-6H2,1-2H3;6-7H,3-5H2,1-2H3. The minimum absolute atomic E-state index is 0.00926. The average Bonchev–Trinajstić information content (AvgIpc) is 3.63. The van der Waals surface area contributed by atoms with Crippen LogP contribution >= 0.6 is 0 Å². The van der Waals surface area contributed by atoms with Crippen molar-refractivity contribution in [2.75, 3.05) is 52.7 Å². The second-order valence-electron chi connectivity index (χ2n) is 17.2. The molecule has 1 N–H and O–H groups in total. The van der Waals surface area contributed by atoms with E-state index in [1.54, 1.807) is 6.92 Å². The van der Waals surface area contributed by atoms with Crippen LogP contribution in [0.3, 0.4) is 0 Å². The fourth-order valence-electron chi connectivity index (χ4n) is 7.40. The fourth-order valence-corrected chi connectivity index (χ4v) is 7.40. The summed E-state index contributed by atoms with van der Waals surface area (Å²) < 4.78 is 15.8. The van der Waals surface area contributed by atoms with Gasteiger partial charge in [0.25, 0.3) is 0 Å². The van der Waals surface area contributed by atoms with E-state index in [1.165, 1.54) is 57.8 Å². The minimum Gasteiger partial charge on any atom is -0.393 e. The largest absolute Gasteiger partial charge is 0.393 e. The summed E-state index contributed by atoms with van der Waals surface area (Å²) in [7, 11) is 0. The number of rotatable bonds is 5. The lowest BCUT2D eigenvalue weighted by Gasteiger charge is -2.33. The smallest absolute Gasteiger partial charge is 0.219 e. The molecule has 4 heterocycles. The third-order valence-electron chi connectivity index (χ3n) is 11.9. The van der Waals surface area contributed by atoms with E-state index in [1.807, 2.05) is 4.90 Å². The Morgan fingerprint density at radius 2 is 0.875 bits per heavy atom. The second-order valence-corrected chi connectivity index (χ2v) is 17.2. The lowest BCUT2D eigenvalue weighted by molar-refractivity contribution is -0.130. The Morgan fingerprint density at radius 1 is 0.500 bits per heavy atom. The van der Waals surface area contributed by atoms with E-state index < -0.39 is 0 Å². The molecule has 5 aliphatic rings. The average molecular weight is 682 g/mol. The maximum Gasteiger partial charge on any atom is 0.219 e. The third-order valence-corrected chi connectivity index (χ3v) is 11.9. The van der Waals surface area contributed by atoms with Crippen molar-refractivity contribution in [3.05, 3.63) is 0 Å². The predicted molar refractivity (Wildman–Crippen MR) is 203 cm³/mol. The van der Waals surface area contributed by atoms with Gasteiger partial charge in [-0.2, -0.15) is 0 Å². The highest BCUT2D eigenvalue weighted by molar-refractivity contribution is 5.73. The zero-order valence-electron chi connectivity index (χ0n) is 33.8. The van der Waals surface area contributed by atoms with Crippen molar-refractivity contribution in [2.45, 2.75) is 153 Å². The van der Waals surface area contributed by atoms with E-state index >= 15 is 0 Å². The molecule has 6 heteroatoms. The first kappa shape index (κ1) is 45.3. The van der Waals surface area contributed by atoms with Crippen molar-refractivity contribution in [3.8, 4) is 0 Å². The monoisotopic (exact) mass is 682 g/mol. The first-order valence-corrected chi connectivity index (χ1v) is 20.4. The number of nitrogens with zero attached hydrogens (tertiary/aromatic N) is 1. The van der Waals surface area contributed by atoms with Crippen LogP contribution in [0.4, 0.5) is 0 Å². The first-order chi connectivity index (χ1) is 22.7. The molecule has 0 radical (unpaired) electrons. The summed E-state index contributed by atoms with van der Waals surface area (Å²) >= 11 is 0. The molecule has 0 aromatic carbocycles. The third kappa shape index (κ3) is 20.2. The highest BCUT2D eigenvalue weighted by Crippen LogP contribution is 2.29. The van der Waals surface area contributed by atoms with Gasteiger partial charge in [-0.05, 0) is 130 Å². The van der Waals surface area contributed by atoms with Crippen LogP contribution in [-0.2, 0) is 19.0 Å². The number of hydrogen-bond acceptors (Lipinski definition) is 5. The van der Waals surface area contributed by atoms with Crippen LogP contribution in [-0.4, -0.2) is 74.7 Å². The van der Waals surface area contributed by atoms with E-state index in [2.05, 4.69) is 69.2 Å². The fraction of sp³-hybridized carbons (Fsp3) is 0.976. The number of amides is 1. The molecule has 4 aliphatic heterocycles. The van der Waals surface area contributed by atoms with Crippen LogP contribution in [0, 0.1) is 59.2 Å². The second kappa shape index (κ2) is 26.1. The molecule has 48 heavy (non-hydrogen) atoms. The molecule has 4 saturated heterocycles. The number of carbonyl (C=O) groups is 1. The van der Waals surface area contributed by atoms with Crippen LogP contribution < -0.4 is 0 Å². The van der Waals surface area contributed by atoms with Gasteiger partial charge in [-0.25, -0.2) is 0 Å².